The van der Waals surface area contributed by atoms with Gasteiger partial charge in [0.05, 0.1) is 19.9 Å². The van der Waals surface area contributed by atoms with Crippen LogP contribution in [0.15, 0.2) is 18.2 Å². The lowest BCUT2D eigenvalue weighted by Crippen LogP contribution is -2.40. The van der Waals surface area contributed by atoms with E-state index in [0.717, 1.165) is 31.1 Å². The maximum atomic E-state index is 5.73. The number of benzene rings is 1. The van der Waals surface area contributed by atoms with Crippen LogP contribution in [-0.2, 0) is 5.41 Å². The van der Waals surface area contributed by atoms with Gasteiger partial charge in [0.25, 0.3) is 0 Å². The molecule has 0 aliphatic carbocycles. The summed E-state index contributed by atoms with van der Waals surface area (Å²) in [6.07, 6.45) is 0.928. The average Bonchev–Trinajstić information content (AvgIpc) is 2.63. The minimum absolute atomic E-state index is 0.00153. The van der Waals surface area contributed by atoms with Gasteiger partial charge in [0.1, 0.15) is 0 Å². The second-order valence-electron chi connectivity index (χ2n) is 5.40. The van der Waals surface area contributed by atoms with E-state index in [-0.39, 0.29) is 5.41 Å². The number of rotatable bonds is 5. The fraction of sp³-hybridized carbons (Fsp3) is 0.571. The van der Waals surface area contributed by atoms with Gasteiger partial charge >= 0.3 is 0 Å². The summed E-state index contributed by atoms with van der Waals surface area (Å²) in [6.45, 7) is 7.24. The summed E-state index contributed by atoms with van der Waals surface area (Å²) in [5, 5.41) is 3.26. The third kappa shape index (κ3) is 3.59. The van der Waals surface area contributed by atoms with Crippen molar-refractivity contribution in [3.8, 4) is 11.5 Å². The number of hydrogen-bond acceptors (Lipinski definition) is 5. The van der Waals surface area contributed by atoms with Gasteiger partial charge in [-0.3, -0.25) is 5.84 Å². The molecule has 0 bridgehead atoms. The van der Waals surface area contributed by atoms with E-state index < -0.39 is 0 Å². The predicted molar refractivity (Wildman–Crippen MR) is 75.3 cm³/mol. The summed E-state index contributed by atoms with van der Waals surface area (Å²) >= 11 is 0. The Hall–Kier alpha value is -1.30. The van der Waals surface area contributed by atoms with E-state index in [9.17, 15) is 0 Å². The zero-order chi connectivity index (χ0) is 13.7. The highest BCUT2D eigenvalue weighted by Gasteiger charge is 2.22. The summed E-state index contributed by atoms with van der Waals surface area (Å²) in [7, 11) is 0. The Kier molecular flexibility index (Phi) is 4.63. The van der Waals surface area contributed by atoms with Gasteiger partial charge in [-0.25, -0.2) is 5.43 Å². The van der Waals surface area contributed by atoms with Crippen LogP contribution in [0.5, 0.6) is 11.5 Å². The van der Waals surface area contributed by atoms with Crippen molar-refractivity contribution in [1.82, 2.24) is 10.7 Å². The summed E-state index contributed by atoms with van der Waals surface area (Å²) in [5.41, 5.74) is 3.82. The Bertz CT molecular complexity index is 421. The van der Waals surface area contributed by atoms with Gasteiger partial charge in [-0.1, -0.05) is 19.9 Å². The number of hydrogen-bond donors (Lipinski definition) is 3. The molecule has 0 unspecified atom stereocenters. The predicted octanol–water partition coefficient (Wildman–Crippen LogP) is 1.14. The van der Waals surface area contributed by atoms with Crippen LogP contribution in [0.25, 0.3) is 0 Å². The van der Waals surface area contributed by atoms with E-state index >= 15 is 0 Å². The first-order chi connectivity index (χ1) is 9.13. The Labute approximate surface area is 114 Å². The first-order valence-corrected chi connectivity index (χ1v) is 6.68. The molecule has 4 N–H and O–H groups in total. The molecule has 106 valence electrons. The molecule has 0 saturated carbocycles. The normalized spacial score (nSPS) is 15.1. The molecule has 1 aromatic carbocycles. The van der Waals surface area contributed by atoms with Crippen molar-refractivity contribution < 1.29 is 9.47 Å². The van der Waals surface area contributed by atoms with Gasteiger partial charge in [0, 0.05) is 18.4 Å². The van der Waals surface area contributed by atoms with Crippen molar-refractivity contribution >= 4 is 0 Å². The fourth-order valence-corrected chi connectivity index (χ4v) is 2.13. The molecule has 0 spiro atoms. The van der Waals surface area contributed by atoms with Gasteiger partial charge in [0.15, 0.2) is 11.5 Å². The van der Waals surface area contributed by atoms with Crippen LogP contribution in [0.1, 0.15) is 25.8 Å². The maximum Gasteiger partial charge on any atom is 0.161 e. The van der Waals surface area contributed by atoms with Gasteiger partial charge < -0.3 is 14.8 Å². The van der Waals surface area contributed by atoms with Gasteiger partial charge in [-0.05, 0) is 17.7 Å². The molecule has 1 aliphatic heterocycles. The molecular weight excluding hydrogens is 242 g/mol. The van der Waals surface area contributed by atoms with E-state index in [1.807, 2.05) is 6.07 Å². The van der Waals surface area contributed by atoms with Crippen LogP contribution in [0.3, 0.4) is 0 Å². The summed E-state index contributed by atoms with van der Waals surface area (Å²) in [4.78, 5) is 0. The van der Waals surface area contributed by atoms with E-state index in [1.54, 1.807) is 0 Å². The third-order valence-corrected chi connectivity index (χ3v) is 3.32. The maximum absolute atomic E-state index is 5.73. The van der Waals surface area contributed by atoms with Gasteiger partial charge in [-0.15, -0.1) is 0 Å². The Morgan fingerprint density at radius 2 is 1.95 bits per heavy atom. The van der Waals surface area contributed by atoms with Gasteiger partial charge in [-0.2, -0.15) is 0 Å². The third-order valence-electron chi connectivity index (χ3n) is 3.32. The summed E-state index contributed by atoms with van der Waals surface area (Å²) in [6, 6.07) is 6.18. The molecule has 0 atom stereocenters. The highest BCUT2D eigenvalue weighted by molar-refractivity contribution is 5.45. The second kappa shape index (κ2) is 6.23. The summed E-state index contributed by atoms with van der Waals surface area (Å²) in [5.74, 6) is 6.94. The zero-order valence-electron chi connectivity index (χ0n) is 11.7. The second-order valence-corrected chi connectivity index (χ2v) is 5.40. The molecule has 1 aliphatic rings. The molecule has 0 fully saturated rings. The lowest BCUT2D eigenvalue weighted by Gasteiger charge is -2.26. The molecule has 5 nitrogen and oxygen atoms in total. The smallest absolute Gasteiger partial charge is 0.161 e. The van der Waals surface area contributed by atoms with E-state index in [0.29, 0.717) is 13.3 Å². The van der Waals surface area contributed by atoms with Crippen LogP contribution in [0, 0.1) is 0 Å². The molecule has 0 amide bonds. The zero-order valence-corrected chi connectivity index (χ0v) is 11.7. The van der Waals surface area contributed by atoms with Crippen molar-refractivity contribution in [2.24, 2.45) is 5.84 Å². The molecule has 5 heteroatoms. The Morgan fingerprint density at radius 3 is 2.68 bits per heavy atom. The van der Waals surface area contributed by atoms with Crippen LogP contribution in [0.2, 0.25) is 0 Å². The standard InChI is InChI=1S/C14H23N3O2/c1-14(2,9-16-10-17-15)11-4-5-12-13(8-11)19-7-3-6-18-12/h4-5,8,16-17H,3,6-7,9-10,15H2,1-2H3. The van der Waals surface area contributed by atoms with E-state index in [1.165, 1.54) is 5.56 Å². The number of nitrogens with two attached hydrogens (primary N) is 1. The quantitative estimate of drug-likeness (QED) is 0.322. The van der Waals surface area contributed by atoms with Crippen molar-refractivity contribution in [1.29, 1.82) is 0 Å². The van der Waals surface area contributed by atoms with Crippen molar-refractivity contribution in [3.63, 3.8) is 0 Å². The molecule has 1 aromatic rings. The molecule has 2 rings (SSSR count). The lowest BCUT2D eigenvalue weighted by molar-refractivity contribution is 0.296. The average molecular weight is 265 g/mol. The van der Waals surface area contributed by atoms with Gasteiger partial charge in [0.2, 0.25) is 0 Å². The first-order valence-electron chi connectivity index (χ1n) is 6.68. The SMILES string of the molecule is CC(C)(CNCNN)c1ccc2c(c1)OCCCO2. The molecule has 0 aromatic heterocycles. The Balaban J connectivity index is 2.13. The highest BCUT2D eigenvalue weighted by Crippen LogP contribution is 2.34. The van der Waals surface area contributed by atoms with Crippen LogP contribution in [-0.4, -0.2) is 26.4 Å². The van der Waals surface area contributed by atoms with Crippen molar-refractivity contribution in [2.45, 2.75) is 25.7 Å². The molecular formula is C14H23N3O2. The lowest BCUT2D eigenvalue weighted by atomic mass is 9.84. The largest absolute Gasteiger partial charge is 0.490 e. The molecule has 19 heavy (non-hydrogen) atoms. The monoisotopic (exact) mass is 265 g/mol. The minimum Gasteiger partial charge on any atom is -0.490 e. The molecule has 0 saturated heterocycles. The van der Waals surface area contributed by atoms with Crippen molar-refractivity contribution in [3.05, 3.63) is 23.8 Å². The van der Waals surface area contributed by atoms with Crippen LogP contribution < -0.4 is 26.1 Å². The number of fused-ring (bicyclic) bond motifs is 1. The highest BCUT2D eigenvalue weighted by atomic mass is 16.5. The number of hydrazine groups is 1. The van der Waals surface area contributed by atoms with E-state index in [2.05, 4.69) is 36.7 Å². The van der Waals surface area contributed by atoms with E-state index in [4.69, 9.17) is 15.3 Å². The number of nitrogens with one attached hydrogen (secondary N) is 2. The molecule has 0 radical (unpaired) electrons. The first kappa shape index (κ1) is 14.1. The summed E-state index contributed by atoms with van der Waals surface area (Å²) < 4.78 is 11.4. The van der Waals surface area contributed by atoms with Crippen LogP contribution in [0.4, 0.5) is 0 Å². The Morgan fingerprint density at radius 1 is 1.21 bits per heavy atom. The molecule has 1 heterocycles. The van der Waals surface area contributed by atoms with Crippen LogP contribution >= 0.6 is 0 Å². The number of ether oxygens (including phenoxy) is 2. The van der Waals surface area contributed by atoms with Crippen molar-refractivity contribution in [2.75, 3.05) is 26.4 Å². The topological polar surface area (TPSA) is 68.5 Å². The fourth-order valence-electron chi connectivity index (χ4n) is 2.13. The minimum atomic E-state index is 0.00153.